The quantitative estimate of drug-likeness (QED) is 0.717. The van der Waals surface area contributed by atoms with E-state index in [1.54, 1.807) is 19.4 Å². The molecule has 2 aromatic rings. The SMILES string of the molecule is COc1ccnc(N2CCC(C(=O)NCc3ccccc3CN3CCCC(C)C3)CC2)n1. The molecule has 32 heavy (non-hydrogen) atoms. The van der Waals surface area contributed by atoms with Crippen LogP contribution in [0.5, 0.6) is 5.88 Å². The second-order valence-corrected chi connectivity index (χ2v) is 9.13. The first-order valence-corrected chi connectivity index (χ1v) is 11.8. The van der Waals surface area contributed by atoms with Crippen LogP contribution in [0.15, 0.2) is 36.5 Å². The van der Waals surface area contributed by atoms with Gasteiger partial charge in [-0.2, -0.15) is 4.98 Å². The van der Waals surface area contributed by atoms with Crippen molar-refractivity contribution in [3.8, 4) is 5.88 Å². The number of likely N-dealkylation sites (tertiary alicyclic amines) is 1. The molecule has 3 heterocycles. The van der Waals surface area contributed by atoms with Gasteiger partial charge >= 0.3 is 0 Å². The number of benzene rings is 1. The second kappa shape index (κ2) is 10.8. The van der Waals surface area contributed by atoms with E-state index in [4.69, 9.17) is 4.74 Å². The summed E-state index contributed by atoms with van der Waals surface area (Å²) in [6.45, 7) is 7.78. The van der Waals surface area contributed by atoms with Crippen molar-refractivity contribution < 1.29 is 9.53 Å². The molecule has 0 bridgehead atoms. The molecule has 0 aliphatic carbocycles. The number of methoxy groups -OCH3 is 1. The number of hydrogen-bond acceptors (Lipinski definition) is 6. The summed E-state index contributed by atoms with van der Waals surface area (Å²) in [4.78, 5) is 26.3. The van der Waals surface area contributed by atoms with Gasteiger partial charge in [-0.25, -0.2) is 4.98 Å². The summed E-state index contributed by atoms with van der Waals surface area (Å²) < 4.78 is 5.20. The standard InChI is InChI=1S/C25H35N5O2/c1-19-6-5-13-29(17-19)18-22-8-4-3-7-21(22)16-27-24(31)20-10-14-30(15-11-20)25-26-12-9-23(28-25)32-2/h3-4,7-9,12,19-20H,5-6,10-11,13-18H2,1-2H3,(H,27,31). The number of carbonyl (C=O) groups excluding carboxylic acids is 1. The maximum atomic E-state index is 12.9. The highest BCUT2D eigenvalue weighted by Gasteiger charge is 2.26. The van der Waals surface area contributed by atoms with Gasteiger partial charge in [0.05, 0.1) is 7.11 Å². The number of nitrogens with one attached hydrogen (secondary N) is 1. The Labute approximate surface area is 191 Å². The molecule has 1 amide bonds. The molecule has 1 N–H and O–H groups in total. The minimum Gasteiger partial charge on any atom is -0.481 e. The molecule has 1 aromatic carbocycles. The highest BCUT2D eigenvalue weighted by molar-refractivity contribution is 5.79. The van der Waals surface area contributed by atoms with Crippen LogP contribution in [0.2, 0.25) is 0 Å². The van der Waals surface area contributed by atoms with Gasteiger partial charge < -0.3 is 15.0 Å². The summed E-state index contributed by atoms with van der Waals surface area (Å²) in [5.41, 5.74) is 2.55. The third-order valence-electron chi connectivity index (χ3n) is 6.68. The van der Waals surface area contributed by atoms with Crippen molar-refractivity contribution in [2.75, 3.05) is 38.2 Å². The molecule has 0 radical (unpaired) electrons. The van der Waals surface area contributed by atoms with E-state index in [1.807, 2.05) is 0 Å². The highest BCUT2D eigenvalue weighted by atomic mass is 16.5. The number of rotatable bonds is 7. The number of aromatic nitrogens is 2. The largest absolute Gasteiger partial charge is 0.481 e. The zero-order chi connectivity index (χ0) is 22.3. The van der Waals surface area contributed by atoms with Crippen LogP contribution in [0.3, 0.4) is 0 Å². The summed E-state index contributed by atoms with van der Waals surface area (Å²) in [6.07, 6.45) is 5.93. The smallest absolute Gasteiger partial charge is 0.228 e. The fraction of sp³-hybridized carbons (Fsp3) is 0.560. The number of amides is 1. The number of ether oxygens (including phenoxy) is 1. The Morgan fingerprint density at radius 2 is 1.91 bits per heavy atom. The number of hydrogen-bond donors (Lipinski definition) is 1. The molecule has 2 aliphatic rings. The zero-order valence-corrected chi connectivity index (χ0v) is 19.3. The molecule has 7 nitrogen and oxygen atoms in total. The lowest BCUT2D eigenvalue weighted by molar-refractivity contribution is -0.125. The van der Waals surface area contributed by atoms with Crippen molar-refractivity contribution >= 4 is 11.9 Å². The van der Waals surface area contributed by atoms with E-state index < -0.39 is 0 Å². The average molecular weight is 438 g/mol. The normalized spacial score (nSPS) is 20.2. The Hall–Kier alpha value is -2.67. The first kappa shape index (κ1) is 22.5. The lowest BCUT2D eigenvalue weighted by atomic mass is 9.95. The number of nitrogens with zero attached hydrogens (tertiary/aromatic N) is 4. The Bertz CT molecular complexity index is 897. The molecule has 2 aliphatic heterocycles. The van der Waals surface area contributed by atoms with E-state index in [9.17, 15) is 4.79 Å². The Morgan fingerprint density at radius 1 is 1.12 bits per heavy atom. The Balaban J connectivity index is 1.28. The van der Waals surface area contributed by atoms with Crippen molar-refractivity contribution in [3.05, 3.63) is 47.7 Å². The minimum atomic E-state index is 0.0342. The van der Waals surface area contributed by atoms with Gasteiger partial charge in [0.1, 0.15) is 0 Å². The Kier molecular flexibility index (Phi) is 7.58. The first-order valence-electron chi connectivity index (χ1n) is 11.8. The second-order valence-electron chi connectivity index (χ2n) is 9.13. The molecule has 0 saturated carbocycles. The number of piperidine rings is 2. The van der Waals surface area contributed by atoms with Crippen LogP contribution in [0.4, 0.5) is 5.95 Å². The summed E-state index contributed by atoms with van der Waals surface area (Å²) >= 11 is 0. The number of anilines is 1. The van der Waals surface area contributed by atoms with Gasteiger partial charge in [-0.1, -0.05) is 31.2 Å². The monoisotopic (exact) mass is 437 g/mol. The molecular formula is C25H35N5O2. The molecule has 1 unspecified atom stereocenters. The van der Waals surface area contributed by atoms with E-state index in [1.165, 1.54) is 30.5 Å². The molecule has 1 aromatic heterocycles. The fourth-order valence-electron chi connectivity index (χ4n) is 4.82. The van der Waals surface area contributed by atoms with Gasteiger partial charge in [-0.3, -0.25) is 9.69 Å². The van der Waals surface area contributed by atoms with Crippen LogP contribution >= 0.6 is 0 Å². The maximum absolute atomic E-state index is 12.9. The van der Waals surface area contributed by atoms with Crippen LogP contribution in [0.1, 0.15) is 43.7 Å². The van der Waals surface area contributed by atoms with Gasteiger partial charge in [0.25, 0.3) is 0 Å². The lowest BCUT2D eigenvalue weighted by Crippen LogP contribution is -2.41. The van der Waals surface area contributed by atoms with Crippen LogP contribution < -0.4 is 15.0 Å². The third kappa shape index (κ3) is 5.76. The molecule has 0 spiro atoms. The highest BCUT2D eigenvalue weighted by Crippen LogP contribution is 2.23. The fourth-order valence-corrected chi connectivity index (χ4v) is 4.82. The van der Waals surface area contributed by atoms with Crippen LogP contribution in [-0.2, 0) is 17.9 Å². The van der Waals surface area contributed by atoms with Crippen molar-refractivity contribution in [2.45, 2.75) is 45.7 Å². The predicted molar refractivity (Wildman–Crippen MR) is 125 cm³/mol. The molecule has 172 valence electrons. The van der Waals surface area contributed by atoms with Crippen molar-refractivity contribution in [3.63, 3.8) is 0 Å². The zero-order valence-electron chi connectivity index (χ0n) is 19.3. The summed E-state index contributed by atoms with van der Waals surface area (Å²) in [7, 11) is 1.61. The summed E-state index contributed by atoms with van der Waals surface area (Å²) in [5.74, 6) is 2.19. The molecule has 4 rings (SSSR count). The van der Waals surface area contributed by atoms with Gasteiger partial charge in [-0.05, 0) is 49.3 Å². The van der Waals surface area contributed by atoms with E-state index in [-0.39, 0.29) is 11.8 Å². The van der Waals surface area contributed by atoms with Crippen LogP contribution in [0, 0.1) is 11.8 Å². The lowest BCUT2D eigenvalue weighted by Gasteiger charge is -2.32. The molecule has 2 saturated heterocycles. The van der Waals surface area contributed by atoms with E-state index in [0.29, 0.717) is 18.4 Å². The van der Waals surface area contributed by atoms with Crippen LogP contribution in [0.25, 0.3) is 0 Å². The molecule has 2 fully saturated rings. The molecular weight excluding hydrogens is 402 g/mol. The minimum absolute atomic E-state index is 0.0342. The Morgan fingerprint density at radius 3 is 2.66 bits per heavy atom. The summed E-state index contributed by atoms with van der Waals surface area (Å²) in [6, 6.07) is 10.3. The predicted octanol–water partition coefficient (Wildman–Crippen LogP) is 3.25. The van der Waals surface area contributed by atoms with Gasteiger partial charge in [-0.15, -0.1) is 0 Å². The summed E-state index contributed by atoms with van der Waals surface area (Å²) in [5, 5.41) is 3.20. The van der Waals surface area contributed by atoms with E-state index in [2.05, 4.69) is 56.3 Å². The van der Waals surface area contributed by atoms with E-state index in [0.717, 1.165) is 44.9 Å². The van der Waals surface area contributed by atoms with Crippen molar-refractivity contribution in [1.82, 2.24) is 20.2 Å². The molecule has 1 atom stereocenters. The van der Waals surface area contributed by atoms with Crippen molar-refractivity contribution in [1.29, 1.82) is 0 Å². The average Bonchev–Trinajstić information content (AvgIpc) is 2.83. The first-order chi connectivity index (χ1) is 15.6. The van der Waals surface area contributed by atoms with Gasteiger partial charge in [0, 0.05) is 50.9 Å². The third-order valence-corrected chi connectivity index (χ3v) is 6.68. The topological polar surface area (TPSA) is 70.6 Å². The van der Waals surface area contributed by atoms with Gasteiger partial charge in [0.2, 0.25) is 17.7 Å². The van der Waals surface area contributed by atoms with Gasteiger partial charge in [0.15, 0.2) is 0 Å². The molecule has 7 heteroatoms. The van der Waals surface area contributed by atoms with Crippen LogP contribution in [-0.4, -0.2) is 54.1 Å². The number of carbonyl (C=O) groups is 1. The van der Waals surface area contributed by atoms with E-state index >= 15 is 0 Å². The maximum Gasteiger partial charge on any atom is 0.228 e. The van der Waals surface area contributed by atoms with Crippen molar-refractivity contribution in [2.24, 2.45) is 11.8 Å².